The minimum absolute atomic E-state index is 0. The molecule has 108 valence electrons. The van der Waals surface area contributed by atoms with Crippen LogP contribution < -0.4 is 177 Å². The summed E-state index contributed by atoms with van der Waals surface area (Å²) >= 11 is 0. The second-order valence-corrected chi connectivity index (χ2v) is 0.707. The summed E-state index contributed by atoms with van der Waals surface area (Å²) < 4.78 is 0. The standard InChI is InChI=1S/6CH3NO.6Na/c6*2-1-3;;;;;;/h6*1H,(H2,2,3);;;;;;/q;;;;;;6*+1/p-6. The van der Waals surface area contributed by atoms with Crippen molar-refractivity contribution in [1.82, 2.24) is 0 Å². The normalized spacial score (nSPS) is 3.00. The van der Waals surface area contributed by atoms with E-state index in [1.165, 1.54) is 0 Å². The van der Waals surface area contributed by atoms with Crippen LogP contribution in [0.3, 0.4) is 0 Å². The molecule has 0 unspecified atom stereocenters. The predicted octanol–water partition coefficient (Wildman–Crippen LogP) is -16.8. The Balaban J connectivity index is -0.00000000686. The number of nitrogens with one attached hydrogen (secondary N) is 6. The maximum Gasteiger partial charge on any atom is 1.00 e. The molecule has 6 N–H and O–H groups in total. The number of carbonyl (C=O) groups excluding carboxylic acids is 6. The molecule has 24 heavy (non-hydrogen) atoms. The van der Waals surface area contributed by atoms with Crippen LogP contribution in [-0.2, 0) is 28.8 Å². The molecule has 0 rings (SSSR count). The smallest absolute Gasteiger partial charge is 0.671 e. The number of hydrogen-bond acceptors (Lipinski definition) is 6. The molecule has 0 aromatic rings. The van der Waals surface area contributed by atoms with Crippen molar-refractivity contribution in [1.29, 1.82) is 0 Å². The third kappa shape index (κ3) is 1770. The molecular weight excluding hydrogens is 390 g/mol. The molecule has 0 aliphatic rings. The average molecular weight is 402 g/mol. The van der Waals surface area contributed by atoms with Gasteiger partial charge in [-0.3, -0.25) is 0 Å². The molecule has 0 saturated heterocycles. The van der Waals surface area contributed by atoms with Crippen LogP contribution in [0, 0.1) is 0 Å². The van der Waals surface area contributed by atoms with E-state index in [0.29, 0.717) is 0 Å². The zero-order chi connectivity index (χ0) is 16.2. The van der Waals surface area contributed by atoms with Gasteiger partial charge in [-0.1, -0.05) is 0 Å². The number of hydrogen-bond donors (Lipinski definition) is 0. The fraction of sp³-hybridized carbons (Fsp3) is 0. The molecule has 0 aliphatic heterocycles. The van der Waals surface area contributed by atoms with E-state index < -0.39 is 0 Å². The summed E-state index contributed by atoms with van der Waals surface area (Å²) in [5.41, 5.74) is 33.2. The van der Waals surface area contributed by atoms with Gasteiger partial charge >= 0.3 is 177 Å². The minimum Gasteiger partial charge on any atom is -0.671 e. The average Bonchev–Trinajstić information content (AvgIpc) is 2.23. The van der Waals surface area contributed by atoms with Gasteiger partial charge in [0.15, 0.2) is 0 Å². The largest absolute Gasteiger partial charge is 1.00 e. The Kier molecular flexibility index (Phi) is 694. The molecule has 0 aromatic carbocycles. The molecule has 0 heterocycles. The summed E-state index contributed by atoms with van der Waals surface area (Å²) in [5, 5.41) is 0. The summed E-state index contributed by atoms with van der Waals surface area (Å²) in [6, 6.07) is 0. The first kappa shape index (κ1) is 81.4. The third-order valence-corrected chi connectivity index (χ3v) is 0. The van der Waals surface area contributed by atoms with E-state index in [-0.39, 0.29) is 216 Å². The molecule has 6 amide bonds. The van der Waals surface area contributed by atoms with Crippen molar-refractivity contribution in [3.63, 3.8) is 0 Å². The molecule has 0 fully saturated rings. The Morgan fingerprint density at radius 3 is 0.292 bits per heavy atom. The molecular formula is C6H12N6Na6O6. The van der Waals surface area contributed by atoms with Crippen LogP contribution in [0.15, 0.2) is 0 Å². The van der Waals surface area contributed by atoms with Gasteiger partial charge in [-0.2, -0.15) is 0 Å². The first-order valence-corrected chi connectivity index (χ1v) is 3.15. The third-order valence-electron chi connectivity index (χ3n) is 0. The van der Waals surface area contributed by atoms with Gasteiger partial charge in [0.2, 0.25) is 0 Å². The molecule has 0 aromatic heterocycles. The summed E-state index contributed by atoms with van der Waals surface area (Å²) in [5.74, 6) is 0. The monoisotopic (exact) mass is 402 g/mol. The summed E-state index contributed by atoms with van der Waals surface area (Å²) in [4.78, 5) is 50.8. The summed E-state index contributed by atoms with van der Waals surface area (Å²) in [6.07, 6.45) is 0. The van der Waals surface area contributed by atoms with Crippen molar-refractivity contribution in [2.75, 3.05) is 0 Å². The Labute approximate surface area is 273 Å². The minimum atomic E-state index is 0. The van der Waals surface area contributed by atoms with E-state index in [0.717, 1.165) is 0 Å². The van der Waals surface area contributed by atoms with Crippen molar-refractivity contribution < 1.29 is 206 Å². The van der Waals surface area contributed by atoms with Gasteiger partial charge in [-0.25, -0.2) is 0 Å². The van der Waals surface area contributed by atoms with Crippen LogP contribution >= 0.6 is 0 Å². The number of amides is 6. The Bertz CT molecular complexity index is 140. The van der Waals surface area contributed by atoms with Crippen LogP contribution in [0.25, 0.3) is 34.4 Å². The molecule has 0 atom stereocenters. The SMILES string of the molecule is [NH-]C=O.[NH-]C=O.[NH-]C=O.[NH-]C=O.[NH-]C=O.[NH-]C=O.[Na+].[Na+].[Na+].[Na+].[Na+].[Na+]. The second kappa shape index (κ2) is 204. The van der Waals surface area contributed by atoms with E-state index in [9.17, 15) is 0 Å². The quantitative estimate of drug-likeness (QED) is 0.281. The van der Waals surface area contributed by atoms with Crippen LogP contribution in [0.4, 0.5) is 0 Å². The summed E-state index contributed by atoms with van der Waals surface area (Å²) in [6.45, 7) is 0. The van der Waals surface area contributed by atoms with Crippen LogP contribution in [0.2, 0.25) is 0 Å². The van der Waals surface area contributed by atoms with Gasteiger partial charge in [0.05, 0.1) is 0 Å². The molecule has 18 heteroatoms. The van der Waals surface area contributed by atoms with Gasteiger partial charge in [0.25, 0.3) is 0 Å². The van der Waals surface area contributed by atoms with E-state index in [2.05, 4.69) is 0 Å². The van der Waals surface area contributed by atoms with Gasteiger partial charge in [0, 0.05) is 38.5 Å². The van der Waals surface area contributed by atoms with E-state index in [4.69, 9.17) is 63.2 Å². The Morgan fingerprint density at radius 2 is 0.292 bits per heavy atom. The molecule has 0 radical (unpaired) electrons. The van der Waals surface area contributed by atoms with Crippen molar-refractivity contribution in [2.24, 2.45) is 0 Å². The van der Waals surface area contributed by atoms with Crippen LogP contribution in [0.1, 0.15) is 0 Å². The predicted molar refractivity (Wildman–Crippen MR) is 62.3 cm³/mol. The van der Waals surface area contributed by atoms with Gasteiger partial charge in [0.1, 0.15) is 0 Å². The van der Waals surface area contributed by atoms with Crippen molar-refractivity contribution >= 4 is 38.5 Å². The zero-order valence-electron chi connectivity index (χ0n) is 14.9. The molecule has 0 bridgehead atoms. The van der Waals surface area contributed by atoms with Gasteiger partial charge < -0.3 is 63.2 Å². The Hall–Kier alpha value is 2.82. The van der Waals surface area contributed by atoms with Crippen LogP contribution in [0.5, 0.6) is 0 Å². The maximum absolute atomic E-state index is 8.47. The first-order chi connectivity index (χ1) is 8.49. The topological polar surface area (TPSA) is 245 Å². The van der Waals surface area contributed by atoms with Gasteiger partial charge in [-0.05, 0) is 0 Å². The molecule has 12 nitrogen and oxygen atoms in total. The van der Waals surface area contributed by atoms with E-state index >= 15 is 0 Å². The fourth-order valence-electron chi connectivity index (χ4n) is 0. The molecule has 0 aliphatic carbocycles. The number of rotatable bonds is 0. The first-order valence-electron chi connectivity index (χ1n) is 3.15. The molecule has 0 spiro atoms. The fourth-order valence-corrected chi connectivity index (χ4v) is 0. The van der Waals surface area contributed by atoms with Crippen molar-refractivity contribution in [3.8, 4) is 0 Å². The summed E-state index contributed by atoms with van der Waals surface area (Å²) in [7, 11) is 0. The maximum atomic E-state index is 8.47. The van der Waals surface area contributed by atoms with Gasteiger partial charge in [-0.15, -0.1) is 0 Å². The van der Waals surface area contributed by atoms with Crippen molar-refractivity contribution in [3.05, 3.63) is 34.4 Å². The van der Waals surface area contributed by atoms with E-state index in [1.54, 1.807) is 0 Å². The Morgan fingerprint density at radius 1 is 0.292 bits per heavy atom. The van der Waals surface area contributed by atoms with Crippen molar-refractivity contribution in [2.45, 2.75) is 0 Å². The second-order valence-electron chi connectivity index (χ2n) is 0.707. The number of carbonyl (C=O) groups is 6. The van der Waals surface area contributed by atoms with E-state index in [1.807, 2.05) is 0 Å². The van der Waals surface area contributed by atoms with Crippen LogP contribution in [-0.4, -0.2) is 38.5 Å². The molecule has 0 saturated carbocycles. The zero-order valence-corrected chi connectivity index (χ0v) is 26.9.